The molecule has 152 valence electrons. The van der Waals surface area contributed by atoms with Crippen molar-refractivity contribution in [1.29, 1.82) is 0 Å². The van der Waals surface area contributed by atoms with Gasteiger partial charge in [-0.2, -0.15) is 0 Å². The molecule has 1 aliphatic rings. The Morgan fingerprint density at radius 2 is 1.93 bits per heavy atom. The Hall–Kier alpha value is -2.53. The van der Waals surface area contributed by atoms with Crippen LogP contribution in [0.25, 0.3) is 11.0 Å². The molecular weight excluding hydrogens is 386 g/mol. The maximum absolute atomic E-state index is 11.9. The Labute approximate surface area is 176 Å². The molecule has 0 saturated heterocycles. The van der Waals surface area contributed by atoms with Crippen LogP contribution < -0.4 is 10.1 Å². The van der Waals surface area contributed by atoms with Gasteiger partial charge in [-0.15, -0.1) is 0 Å². The average Bonchev–Trinajstić information content (AvgIpc) is 3.52. The van der Waals surface area contributed by atoms with Crippen LogP contribution in [0.3, 0.4) is 0 Å². The number of benzene rings is 2. The molecule has 0 atom stereocenters. The van der Waals surface area contributed by atoms with Crippen molar-refractivity contribution in [2.75, 3.05) is 13.2 Å². The molecule has 1 heterocycles. The Kier molecular flexibility index (Phi) is 6.35. The largest absolute Gasteiger partial charge is 0.494 e. The van der Waals surface area contributed by atoms with Crippen LogP contribution in [0.4, 0.5) is 0 Å². The van der Waals surface area contributed by atoms with Gasteiger partial charge in [-0.05, 0) is 62.1 Å². The van der Waals surface area contributed by atoms with E-state index in [0.29, 0.717) is 18.2 Å². The molecule has 0 spiro atoms. The third-order valence-corrected chi connectivity index (χ3v) is 5.44. The first kappa shape index (κ1) is 19.8. The number of amides is 1. The van der Waals surface area contributed by atoms with Gasteiger partial charge in [0.2, 0.25) is 5.91 Å². The van der Waals surface area contributed by atoms with Gasteiger partial charge in [0.05, 0.1) is 17.6 Å². The minimum atomic E-state index is 0.187. The van der Waals surface area contributed by atoms with E-state index < -0.39 is 0 Å². The summed E-state index contributed by atoms with van der Waals surface area (Å²) in [7, 11) is 0. The van der Waals surface area contributed by atoms with Crippen molar-refractivity contribution in [1.82, 2.24) is 14.9 Å². The van der Waals surface area contributed by atoms with E-state index in [9.17, 15) is 4.79 Å². The predicted octanol–water partition coefficient (Wildman–Crippen LogP) is 4.62. The van der Waals surface area contributed by atoms with Crippen molar-refractivity contribution in [3.63, 3.8) is 0 Å². The summed E-state index contributed by atoms with van der Waals surface area (Å²) in [4.78, 5) is 16.7. The highest BCUT2D eigenvalue weighted by atomic mass is 35.5. The van der Waals surface area contributed by atoms with E-state index in [4.69, 9.17) is 21.3 Å². The van der Waals surface area contributed by atoms with Crippen molar-refractivity contribution in [3.8, 4) is 5.75 Å². The number of aromatic nitrogens is 2. The molecule has 1 aliphatic carbocycles. The summed E-state index contributed by atoms with van der Waals surface area (Å²) in [5, 5.41) is 3.75. The predicted molar refractivity (Wildman–Crippen MR) is 115 cm³/mol. The monoisotopic (exact) mass is 411 g/mol. The average molecular weight is 412 g/mol. The Bertz CT molecular complexity index is 964. The molecule has 0 unspecified atom stereocenters. The molecule has 0 aliphatic heterocycles. The first-order valence-electron chi connectivity index (χ1n) is 10.3. The third-order valence-electron chi connectivity index (χ3n) is 5.19. The minimum absolute atomic E-state index is 0.187. The normalized spacial score (nSPS) is 13.6. The quantitative estimate of drug-likeness (QED) is 0.495. The van der Waals surface area contributed by atoms with Gasteiger partial charge in [0.15, 0.2) is 0 Å². The highest BCUT2D eigenvalue weighted by Crippen LogP contribution is 2.28. The molecule has 3 aromatic rings. The van der Waals surface area contributed by atoms with E-state index in [-0.39, 0.29) is 11.8 Å². The first-order valence-corrected chi connectivity index (χ1v) is 10.7. The van der Waals surface area contributed by atoms with E-state index in [1.807, 2.05) is 42.5 Å². The van der Waals surface area contributed by atoms with E-state index in [1.54, 1.807) is 0 Å². The van der Waals surface area contributed by atoms with Crippen LogP contribution in [0.2, 0.25) is 5.02 Å². The second-order valence-electron chi connectivity index (χ2n) is 7.49. The van der Waals surface area contributed by atoms with Crippen LogP contribution in [-0.2, 0) is 17.8 Å². The van der Waals surface area contributed by atoms with Gasteiger partial charge in [-0.1, -0.05) is 23.7 Å². The summed E-state index contributed by atoms with van der Waals surface area (Å²) in [5.41, 5.74) is 2.16. The number of hydrogen-bond acceptors (Lipinski definition) is 3. The number of rotatable bonds is 10. The lowest BCUT2D eigenvalue weighted by atomic mass is 10.2. The van der Waals surface area contributed by atoms with Crippen molar-refractivity contribution < 1.29 is 9.53 Å². The number of nitrogens with zero attached hydrogens (tertiary/aromatic N) is 2. The van der Waals surface area contributed by atoms with Gasteiger partial charge in [0, 0.05) is 30.5 Å². The number of halogens is 1. The summed E-state index contributed by atoms with van der Waals surface area (Å²) in [6, 6.07) is 15.7. The molecule has 0 radical (unpaired) electrons. The smallest absolute Gasteiger partial charge is 0.223 e. The SMILES string of the molecule is O=C(NCCc1nc2ccccc2n1CCCCOc1ccc(Cl)cc1)C1CC1. The van der Waals surface area contributed by atoms with Crippen LogP contribution in [0.5, 0.6) is 5.75 Å². The number of unbranched alkanes of at least 4 members (excludes halogenated alkanes) is 1. The summed E-state index contributed by atoms with van der Waals surface area (Å²) in [6.45, 7) is 2.19. The first-order chi connectivity index (χ1) is 14.2. The van der Waals surface area contributed by atoms with Crippen LogP contribution >= 0.6 is 11.6 Å². The molecule has 1 N–H and O–H groups in total. The number of hydrogen-bond donors (Lipinski definition) is 1. The molecule has 1 amide bonds. The molecule has 1 fully saturated rings. The lowest BCUT2D eigenvalue weighted by Gasteiger charge is -2.11. The molecule has 2 aromatic carbocycles. The van der Waals surface area contributed by atoms with Gasteiger partial charge in [0.1, 0.15) is 11.6 Å². The molecule has 1 aromatic heterocycles. The highest BCUT2D eigenvalue weighted by molar-refractivity contribution is 6.30. The lowest BCUT2D eigenvalue weighted by molar-refractivity contribution is -0.122. The number of ether oxygens (including phenoxy) is 1. The van der Waals surface area contributed by atoms with Gasteiger partial charge in [-0.3, -0.25) is 4.79 Å². The van der Waals surface area contributed by atoms with E-state index >= 15 is 0 Å². The van der Waals surface area contributed by atoms with Crippen LogP contribution in [0.15, 0.2) is 48.5 Å². The molecule has 4 rings (SSSR count). The zero-order valence-electron chi connectivity index (χ0n) is 16.4. The second-order valence-corrected chi connectivity index (χ2v) is 7.93. The maximum Gasteiger partial charge on any atom is 0.223 e. The van der Waals surface area contributed by atoms with Crippen molar-refractivity contribution in [2.45, 2.75) is 38.6 Å². The van der Waals surface area contributed by atoms with Crippen LogP contribution in [0, 0.1) is 5.92 Å². The summed E-state index contributed by atoms with van der Waals surface area (Å²) < 4.78 is 8.07. The summed E-state index contributed by atoms with van der Waals surface area (Å²) in [6.07, 6.45) is 4.75. The Balaban J connectivity index is 1.31. The van der Waals surface area contributed by atoms with Crippen molar-refractivity contribution in [3.05, 3.63) is 59.4 Å². The number of fused-ring (bicyclic) bond motifs is 1. The Morgan fingerprint density at radius 1 is 1.14 bits per heavy atom. The standard InChI is InChI=1S/C23H26ClN3O2/c24-18-9-11-19(12-10-18)29-16-4-3-15-27-21-6-2-1-5-20(21)26-22(27)13-14-25-23(28)17-7-8-17/h1-2,5-6,9-12,17H,3-4,7-8,13-16H2,(H,25,28). The summed E-state index contributed by atoms with van der Waals surface area (Å²) in [5.74, 6) is 2.30. The van der Waals surface area contributed by atoms with E-state index in [0.717, 1.165) is 61.3 Å². The number of carbonyl (C=O) groups excluding carboxylic acids is 1. The maximum atomic E-state index is 11.9. The van der Waals surface area contributed by atoms with Gasteiger partial charge in [-0.25, -0.2) is 4.98 Å². The van der Waals surface area contributed by atoms with E-state index in [1.165, 1.54) is 0 Å². The molecule has 5 nitrogen and oxygen atoms in total. The number of para-hydroxylation sites is 2. The van der Waals surface area contributed by atoms with Crippen LogP contribution in [-0.4, -0.2) is 28.6 Å². The molecule has 29 heavy (non-hydrogen) atoms. The Morgan fingerprint density at radius 3 is 2.72 bits per heavy atom. The fraction of sp³-hybridized carbons (Fsp3) is 0.391. The topological polar surface area (TPSA) is 56.2 Å². The number of nitrogens with one attached hydrogen (secondary N) is 1. The zero-order chi connectivity index (χ0) is 20.1. The van der Waals surface area contributed by atoms with Gasteiger partial charge >= 0.3 is 0 Å². The zero-order valence-corrected chi connectivity index (χ0v) is 17.2. The molecule has 6 heteroatoms. The lowest BCUT2D eigenvalue weighted by Crippen LogP contribution is -2.27. The molecular formula is C23H26ClN3O2. The van der Waals surface area contributed by atoms with Gasteiger partial charge < -0.3 is 14.6 Å². The second kappa shape index (κ2) is 9.31. The number of aryl methyl sites for hydroxylation is 1. The molecule has 0 bridgehead atoms. The van der Waals surface area contributed by atoms with Crippen molar-refractivity contribution >= 4 is 28.5 Å². The van der Waals surface area contributed by atoms with Crippen LogP contribution in [0.1, 0.15) is 31.5 Å². The van der Waals surface area contributed by atoms with E-state index in [2.05, 4.69) is 16.0 Å². The van der Waals surface area contributed by atoms with Gasteiger partial charge in [0.25, 0.3) is 0 Å². The third kappa shape index (κ3) is 5.30. The fourth-order valence-corrected chi connectivity index (χ4v) is 3.57. The fourth-order valence-electron chi connectivity index (χ4n) is 3.45. The minimum Gasteiger partial charge on any atom is -0.494 e. The summed E-state index contributed by atoms with van der Waals surface area (Å²) >= 11 is 5.90. The number of imidazole rings is 1. The molecule has 1 saturated carbocycles. The number of carbonyl (C=O) groups is 1. The van der Waals surface area contributed by atoms with Crippen molar-refractivity contribution in [2.24, 2.45) is 5.92 Å². The highest BCUT2D eigenvalue weighted by Gasteiger charge is 2.29.